The topological polar surface area (TPSA) is 63.0 Å². The minimum Gasteiger partial charge on any atom is -0.427 e. The normalized spacial score (nSPS) is 9.87. The van der Waals surface area contributed by atoms with Crippen molar-refractivity contribution in [2.24, 2.45) is 0 Å². The van der Waals surface area contributed by atoms with Gasteiger partial charge in [-0.3, -0.25) is 4.79 Å². The zero-order valence-corrected chi connectivity index (χ0v) is 8.67. The van der Waals surface area contributed by atoms with E-state index in [0.717, 1.165) is 10.2 Å². The van der Waals surface area contributed by atoms with E-state index in [0.29, 0.717) is 10.8 Å². The molecule has 2 rings (SSSR count). The number of nitriles is 1. The van der Waals surface area contributed by atoms with Crippen LogP contribution in [0.2, 0.25) is 0 Å². The summed E-state index contributed by atoms with van der Waals surface area (Å²) in [6.07, 6.45) is 0. The van der Waals surface area contributed by atoms with E-state index in [-0.39, 0.29) is 5.97 Å². The van der Waals surface area contributed by atoms with Gasteiger partial charge in [0.2, 0.25) is 0 Å². The maximum Gasteiger partial charge on any atom is 0.308 e. The number of benzene rings is 1. The highest BCUT2D eigenvalue weighted by atomic mass is 32.1. The summed E-state index contributed by atoms with van der Waals surface area (Å²) in [7, 11) is 0. The SMILES string of the molecule is CC(=O)Oc1ccc2nc(C#N)sc2c1. The van der Waals surface area contributed by atoms with Crippen molar-refractivity contribution in [1.29, 1.82) is 5.26 Å². The third kappa shape index (κ3) is 1.95. The number of aromatic nitrogens is 1. The average Bonchev–Trinajstić information content (AvgIpc) is 2.58. The van der Waals surface area contributed by atoms with E-state index < -0.39 is 0 Å². The number of rotatable bonds is 1. The minimum atomic E-state index is -0.362. The highest BCUT2D eigenvalue weighted by molar-refractivity contribution is 7.19. The number of hydrogen-bond donors (Lipinski definition) is 0. The Balaban J connectivity index is 2.47. The van der Waals surface area contributed by atoms with E-state index >= 15 is 0 Å². The summed E-state index contributed by atoms with van der Waals surface area (Å²) in [4.78, 5) is 14.8. The summed E-state index contributed by atoms with van der Waals surface area (Å²) in [5, 5.41) is 9.07. The molecule has 0 fully saturated rings. The summed E-state index contributed by atoms with van der Waals surface area (Å²) < 4.78 is 5.76. The molecular weight excluding hydrogens is 212 g/mol. The van der Waals surface area contributed by atoms with Gasteiger partial charge >= 0.3 is 5.97 Å². The zero-order chi connectivity index (χ0) is 10.8. The fourth-order valence-corrected chi connectivity index (χ4v) is 1.97. The fourth-order valence-electron chi connectivity index (χ4n) is 1.18. The number of ether oxygens (including phenoxy) is 1. The molecule has 0 radical (unpaired) electrons. The van der Waals surface area contributed by atoms with Crippen LogP contribution in [0.25, 0.3) is 10.2 Å². The van der Waals surface area contributed by atoms with Crippen LogP contribution in [0.3, 0.4) is 0 Å². The second kappa shape index (κ2) is 3.67. The van der Waals surface area contributed by atoms with Crippen LogP contribution in [0.15, 0.2) is 18.2 Å². The van der Waals surface area contributed by atoms with Crippen molar-refractivity contribution in [1.82, 2.24) is 4.98 Å². The van der Waals surface area contributed by atoms with Gasteiger partial charge in [-0.25, -0.2) is 4.98 Å². The predicted octanol–water partition coefficient (Wildman–Crippen LogP) is 2.09. The largest absolute Gasteiger partial charge is 0.427 e. The molecular formula is C10H6N2O2S. The zero-order valence-electron chi connectivity index (χ0n) is 7.85. The van der Waals surface area contributed by atoms with Crippen LogP contribution in [0.4, 0.5) is 0 Å². The van der Waals surface area contributed by atoms with Crippen LogP contribution in [0.5, 0.6) is 5.75 Å². The first-order valence-corrected chi connectivity index (χ1v) is 5.00. The van der Waals surface area contributed by atoms with Gasteiger partial charge in [-0.1, -0.05) is 0 Å². The van der Waals surface area contributed by atoms with Crippen molar-refractivity contribution < 1.29 is 9.53 Å². The van der Waals surface area contributed by atoms with Gasteiger partial charge < -0.3 is 4.74 Å². The number of carbonyl (C=O) groups excluding carboxylic acids is 1. The van der Waals surface area contributed by atoms with Gasteiger partial charge in [-0.2, -0.15) is 5.26 Å². The average molecular weight is 218 g/mol. The molecule has 0 spiro atoms. The lowest BCUT2D eigenvalue weighted by atomic mass is 10.3. The Morgan fingerprint density at radius 3 is 3.07 bits per heavy atom. The van der Waals surface area contributed by atoms with Crippen molar-refractivity contribution >= 4 is 27.5 Å². The second-order valence-corrected chi connectivity index (χ2v) is 3.88. The van der Waals surface area contributed by atoms with Crippen molar-refractivity contribution in [2.45, 2.75) is 6.92 Å². The summed E-state index contributed by atoms with van der Waals surface area (Å²) >= 11 is 1.27. The lowest BCUT2D eigenvalue weighted by molar-refractivity contribution is -0.131. The van der Waals surface area contributed by atoms with Gasteiger partial charge in [0.15, 0.2) is 5.01 Å². The van der Waals surface area contributed by atoms with Gasteiger partial charge in [-0.05, 0) is 12.1 Å². The van der Waals surface area contributed by atoms with Crippen LogP contribution in [-0.4, -0.2) is 11.0 Å². The first-order chi connectivity index (χ1) is 7.19. The second-order valence-electron chi connectivity index (χ2n) is 2.85. The van der Waals surface area contributed by atoms with E-state index in [9.17, 15) is 4.79 Å². The minimum absolute atomic E-state index is 0.362. The summed E-state index contributed by atoms with van der Waals surface area (Å²) in [5.41, 5.74) is 0.743. The molecule has 0 saturated carbocycles. The van der Waals surface area contributed by atoms with Gasteiger partial charge in [-0.15, -0.1) is 11.3 Å². The monoisotopic (exact) mass is 218 g/mol. The molecule has 4 nitrogen and oxygen atoms in total. The van der Waals surface area contributed by atoms with E-state index in [2.05, 4.69) is 4.98 Å². The number of fused-ring (bicyclic) bond motifs is 1. The standard InChI is InChI=1S/C10H6N2O2S/c1-6(13)14-7-2-3-8-9(4-7)15-10(5-11)12-8/h2-4H,1H3. The van der Waals surface area contributed by atoms with Crippen LogP contribution in [-0.2, 0) is 4.79 Å². The molecule has 0 aliphatic rings. The molecule has 0 amide bonds. The molecule has 15 heavy (non-hydrogen) atoms. The molecule has 0 atom stereocenters. The third-order valence-corrected chi connectivity index (χ3v) is 2.64. The Hall–Kier alpha value is -1.93. The Morgan fingerprint density at radius 1 is 1.60 bits per heavy atom. The highest BCUT2D eigenvalue weighted by Gasteiger charge is 2.05. The summed E-state index contributed by atoms with van der Waals surface area (Å²) in [6, 6.07) is 7.06. The maximum atomic E-state index is 10.7. The Kier molecular flexibility index (Phi) is 2.35. The van der Waals surface area contributed by atoms with Crippen LogP contribution >= 0.6 is 11.3 Å². The van der Waals surface area contributed by atoms with Crippen LogP contribution < -0.4 is 4.74 Å². The Labute approximate surface area is 89.7 Å². The lowest BCUT2D eigenvalue weighted by Crippen LogP contribution is -2.00. The molecule has 74 valence electrons. The molecule has 0 saturated heterocycles. The van der Waals surface area contributed by atoms with Gasteiger partial charge in [0, 0.05) is 13.0 Å². The number of nitrogens with zero attached hydrogens (tertiary/aromatic N) is 2. The molecule has 0 N–H and O–H groups in total. The van der Waals surface area contributed by atoms with Crippen molar-refractivity contribution in [3.63, 3.8) is 0 Å². The number of carbonyl (C=O) groups is 1. The van der Waals surface area contributed by atoms with Crippen molar-refractivity contribution in [3.8, 4) is 11.8 Å². The maximum absolute atomic E-state index is 10.7. The summed E-state index contributed by atoms with van der Waals surface area (Å²) in [6.45, 7) is 1.34. The molecule has 1 aromatic heterocycles. The molecule has 1 heterocycles. The van der Waals surface area contributed by atoms with Crippen molar-refractivity contribution in [2.75, 3.05) is 0 Å². The summed E-state index contributed by atoms with van der Waals surface area (Å²) in [5.74, 6) is 0.113. The molecule has 0 aliphatic heterocycles. The molecule has 1 aromatic carbocycles. The Bertz CT molecular complexity index is 568. The molecule has 0 bridgehead atoms. The van der Waals surface area contributed by atoms with E-state index in [1.807, 2.05) is 6.07 Å². The first kappa shape index (κ1) is 9.62. The van der Waals surface area contributed by atoms with Crippen LogP contribution in [0.1, 0.15) is 11.9 Å². The number of hydrogen-bond acceptors (Lipinski definition) is 5. The van der Waals surface area contributed by atoms with E-state index in [1.54, 1.807) is 18.2 Å². The number of thiazole rings is 1. The smallest absolute Gasteiger partial charge is 0.308 e. The lowest BCUT2D eigenvalue weighted by Gasteiger charge is -1.99. The predicted molar refractivity (Wildman–Crippen MR) is 55.6 cm³/mol. The fraction of sp³-hybridized carbons (Fsp3) is 0.100. The van der Waals surface area contributed by atoms with Crippen molar-refractivity contribution in [3.05, 3.63) is 23.2 Å². The van der Waals surface area contributed by atoms with Crippen LogP contribution in [0, 0.1) is 11.3 Å². The first-order valence-electron chi connectivity index (χ1n) is 4.18. The van der Waals surface area contributed by atoms with Gasteiger partial charge in [0.05, 0.1) is 10.2 Å². The van der Waals surface area contributed by atoms with Gasteiger partial charge in [0.25, 0.3) is 0 Å². The molecule has 5 heteroatoms. The van der Waals surface area contributed by atoms with E-state index in [4.69, 9.17) is 10.00 Å². The molecule has 0 unspecified atom stereocenters. The van der Waals surface area contributed by atoms with E-state index in [1.165, 1.54) is 18.3 Å². The highest BCUT2D eigenvalue weighted by Crippen LogP contribution is 2.25. The molecule has 2 aromatic rings. The molecule has 0 aliphatic carbocycles. The quantitative estimate of drug-likeness (QED) is 0.543. The van der Waals surface area contributed by atoms with Gasteiger partial charge in [0.1, 0.15) is 11.8 Å². The number of esters is 1. The third-order valence-electron chi connectivity index (χ3n) is 1.72. The Morgan fingerprint density at radius 2 is 2.40 bits per heavy atom.